The average molecular weight is 306 g/mol. The van der Waals surface area contributed by atoms with Gasteiger partial charge in [-0.3, -0.25) is 0 Å². The van der Waals surface area contributed by atoms with Crippen LogP contribution in [0.3, 0.4) is 0 Å². The van der Waals surface area contributed by atoms with E-state index in [9.17, 15) is 0 Å². The topological polar surface area (TPSA) is 21.3 Å². The molecule has 1 unspecified atom stereocenters. The van der Waals surface area contributed by atoms with Gasteiger partial charge < -0.3 is 10.1 Å². The van der Waals surface area contributed by atoms with Crippen LogP contribution in [0.1, 0.15) is 11.6 Å². The molecule has 2 aromatic carbocycles. The van der Waals surface area contributed by atoms with E-state index in [-0.39, 0.29) is 6.04 Å². The van der Waals surface area contributed by atoms with Crippen molar-refractivity contribution < 1.29 is 4.74 Å². The Kier molecular flexibility index (Phi) is 4.79. The molecular formula is C15H16BrNO. The zero-order valence-corrected chi connectivity index (χ0v) is 11.9. The molecule has 3 heteroatoms. The van der Waals surface area contributed by atoms with E-state index in [1.165, 1.54) is 5.56 Å². The Morgan fingerprint density at radius 3 is 2.33 bits per heavy atom. The molecule has 0 radical (unpaired) electrons. The fourth-order valence-corrected chi connectivity index (χ4v) is 2.08. The summed E-state index contributed by atoms with van der Waals surface area (Å²) in [6.07, 6.45) is 0. The molecule has 2 aromatic rings. The first-order valence-electron chi connectivity index (χ1n) is 5.85. The number of hydrogen-bond acceptors (Lipinski definition) is 2. The number of benzene rings is 2. The normalized spacial score (nSPS) is 12.1. The molecule has 0 amide bonds. The Hall–Kier alpha value is -1.32. The first kappa shape index (κ1) is 13.1. The predicted molar refractivity (Wildman–Crippen MR) is 78.8 cm³/mol. The molecule has 0 fully saturated rings. The number of nitrogens with one attached hydrogen (secondary N) is 1. The van der Waals surface area contributed by atoms with Crippen molar-refractivity contribution in [1.29, 1.82) is 0 Å². The minimum atomic E-state index is 0.164. The second kappa shape index (κ2) is 6.57. The fourth-order valence-electron chi connectivity index (χ4n) is 1.82. The largest absolute Gasteiger partial charge is 0.382 e. The van der Waals surface area contributed by atoms with Crippen LogP contribution in [0.25, 0.3) is 0 Å². The van der Waals surface area contributed by atoms with E-state index < -0.39 is 0 Å². The number of hydrogen-bond donors (Lipinski definition) is 1. The van der Waals surface area contributed by atoms with Gasteiger partial charge in [0.2, 0.25) is 0 Å². The van der Waals surface area contributed by atoms with E-state index in [0.29, 0.717) is 6.61 Å². The van der Waals surface area contributed by atoms with Crippen molar-refractivity contribution in [3.8, 4) is 0 Å². The molecule has 0 saturated carbocycles. The molecule has 0 heterocycles. The lowest BCUT2D eigenvalue weighted by molar-refractivity contribution is 0.186. The summed E-state index contributed by atoms with van der Waals surface area (Å²) in [5.41, 5.74) is 2.31. The third-order valence-electron chi connectivity index (χ3n) is 2.72. The highest BCUT2D eigenvalue weighted by molar-refractivity contribution is 9.10. The molecule has 2 nitrogen and oxygen atoms in total. The maximum atomic E-state index is 5.28. The molecule has 0 aliphatic carbocycles. The number of anilines is 1. The van der Waals surface area contributed by atoms with Gasteiger partial charge in [-0.1, -0.05) is 46.3 Å². The van der Waals surface area contributed by atoms with E-state index in [2.05, 4.69) is 45.5 Å². The van der Waals surface area contributed by atoms with E-state index in [4.69, 9.17) is 4.74 Å². The number of methoxy groups -OCH3 is 1. The summed E-state index contributed by atoms with van der Waals surface area (Å²) in [6, 6.07) is 18.6. The monoisotopic (exact) mass is 305 g/mol. The highest BCUT2D eigenvalue weighted by Gasteiger charge is 2.10. The lowest BCUT2D eigenvalue weighted by Crippen LogP contribution is -2.16. The smallest absolute Gasteiger partial charge is 0.0747 e. The Labute approximate surface area is 116 Å². The predicted octanol–water partition coefficient (Wildman–Crippen LogP) is 4.25. The van der Waals surface area contributed by atoms with Crippen LogP contribution < -0.4 is 5.32 Å². The Balaban J connectivity index is 2.14. The van der Waals surface area contributed by atoms with Crippen molar-refractivity contribution in [3.05, 3.63) is 64.6 Å². The highest BCUT2D eigenvalue weighted by atomic mass is 79.9. The Morgan fingerprint density at radius 2 is 1.72 bits per heavy atom. The molecule has 0 spiro atoms. The van der Waals surface area contributed by atoms with E-state index in [1.807, 2.05) is 30.3 Å². The third-order valence-corrected chi connectivity index (χ3v) is 3.25. The van der Waals surface area contributed by atoms with Crippen LogP contribution in [0.15, 0.2) is 59.1 Å². The van der Waals surface area contributed by atoms with Gasteiger partial charge in [0, 0.05) is 17.3 Å². The zero-order chi connectivity index (χ0) is 12.8. The first-order chi connectivity index (χ1) is 8.79. The Bertz CT molecular complexity index is 470. The van der Waals surface area contributed by atoms with Crippen molar-refractivity contribution in [3.63, 3.8) is 0 Å². The van der Waals surface area contributed by atoms with Crippen molar-refractivity contribution in [2.24, 2.45) is 0 Å². The van der Waals surface area contributed by atoms with Gasteiger partial charge in [0.25, 0.3) is 0 Å². The molecule has 0 aromatic heterocycles. The number of halogens is 1. The second-order valence-corrected chi connectivity index (χ2v) is 4.99. The fraction of sp³-hybridized carbons (Fsp3) is 0.200. The SMILES string of the molecule is COCC(Nc1ccc(Br)cc1)c1ccccc1. The van der Waals surface area contributed by atoms with Gasteiger partial charge >= 0.3 is 0 Å². The van der Waals surface area contributed by atoms with E-state index in [0.717, 1.165) is 10.2 Å². The van der Waals surface area contributed by atoms with Gasteiger partial charge in [0.05, 0.1) is 12.6 Å². The number of rotatable bonds is 5. The van der Waals surface area contributed by atoms with Crippen LogP contribution in [-0.4, -0.2) is 13.7 Å². The summed E-state index contributed by atoms with van der Waals surface area (Å²) in [5.74, 6) is 0. The van der Waals surface area contributed by atoms with Crippen LogP contribution in [0, 0.1) is 0 Å². The van der Waals surface area contributed by atoms with Gasteiger partial charge in [0.1, 0.15) is 0 Å². The third kappa shape index (κ3) is 3.59. The maximum Gasteiger partial charge on any atom is 0.0747 e. The summed E-state index contributed by atoms with van der Waals surface area (Å²) in [6.45, 7) is 0.639. The van der Waals surface area contributed by atoms with Crippen molar-refractivity contribution >= 4 is 21.6 Å². The summed E-state index contributed by atoms with van der Waals surface area (Å²) >= 11 is 3.43. The van der Waals surface area contributed by atoms with Crippen LogP contribution in [0.4, 0.5) is 5.69 Å². The lowest BCUT2D eigenvalue weighted by atomic mass is 10.1. The Morgan fingerprint density at radius 1 is 1.06 bits per heavy atom. The van der Waals surface area contributed by atoms with Gasteiger partial charge in [-0.25, -0.2) is 0 Å². The molecular weight excluding hydrogens is 290 g/mol. The molecule has 1 atom stereocenters. The van der Waals surface area contributed by atoms with Crippen molar-refractivity contribution in [2.45, 2.75) is 6.04 Å². The molecule has 0 saturated heterocycles. The lowest BCUT2D eigenvalue weighted by Gasteiger charge is -2.19. The minimum absolute atomic E-state index is 0.164. The summed E-state index contributed by atoms with van der Waals surface area (Å²) < 4.78 is 6.36. The molecule has 94 valence electrons. The van der Waals surface area contributed by atoms with Crippen LogP contribution in [0.2, 0.25) is 0 Å². The highest BCUT2D eigenvalue weighted by Crippen LogP contribution is 2.21. The van der Waals surface area contributed by atoms with Gasteiger partial charge in [-0.15, -0.1) is 0 Å². The summed E-state index contributed by atoms with van der Waals surface area (Å²) in [7, 11) is 1.72. The minimum Gasteiger partial charge on any atom is -0.382 e. The molecule has 0 aliphatic rings. The van der Waals surface area contributed by atoms with Crippen LogP contribution in [0.5, 0.6) is 0 Å². The van der Waals surface area contributed by atoms with E-state index in [1.54, 1.807) is 7.11 Å². The van der Waals surface area contributed by atoms with Gasteiger partial charge in [0.15, 0.2) is 0 Å². The molecule has 2 rings (SSSR count). The van der Waals surface area contributed by atoms with Crippen molar-refractivity contribution in [2.75, 3.05) is 19.0 Å². The molecule has 1 N–H and O–H groups in total. The molecule has 0 aliphatic heterocycles. The summed E-state index contributed by atoms with van der Waals surface area (Å²) in [5, 5.41) is 3.48. The van der Waals surface area contributed by atoms with Gasteiger partial charge in [-0.05, 0) is 29.8 Å². The zero-order valence-electron chi connectivity index (χ0n) is 10.3. The standard InChI is InChI=1S/C15H16BrNO/c1-18-11-15(12-5-3-2-4-6-12)17-14-9-7-13(16)8-10-14/h2-10,15,17H,11H2,1H3. The van der Waals surface area contributed by atoms with Crippen LogP contribution in [-0.2, 0) is 4.74 Å². The molecule has 0 bridgehead atoms. The van der Waals surface area contributed by atoms with Crippen LogP contribution >= 0.6 is 15.9 Å². The second-order valence-electron chi connectivity index (χ2n) is 4.07. The van der Waals surface area contributed by atoms with Crippen molar-refractivity contribution in [1.82, 2.24) is 0 Å². The average Bonchev–Trinajstić information content (AvgIpc) is 2.42. The summed E-state index contributed by atoms with van der Waals surface area (Å²) in [4.78, 5) is 0. The van der Waals surface area contributed by atoms with E-state index >= 15 is 0 Å². The maximum absolute atomic E-state index is 5.28. The molecule has 18 heavy (non-hydrogen) atoms. The number of ether oxygens (including phenoxy) is 1. The van der Waals surface area contributed by atoms with Gasteiger partial charge in [-0.2, -0.15) is 0 Å². The first-order valence-corrected chi connectivity index (χ1v) is 6.65. The quantitative estimate of drug-likeness (QED) is 0.891.